The highest BCUT2D eigenvalue weighted by Gasteiger charge is 2.34. The monoisotopic (exact) mass is 362 g/mol. The Kier molecular flexibility index (Phi) is 5.91. The van der Waals surface area contributed by atoms with Crippen LogP contribution in [0.25, 0.3) is 0 Å². The standard InChI is InChI=1S/C15H17F3N2OS2/c1-10(23-14(22)20-8-4-5-9-20)13(21)19-12-7-3-2-6-11(12)15(16,17)18/h2-3,6-7,10H,4-5,8-9H2,1H3,(H,19,21)/t10-/m1/s1. The number of alkyl halides is 3. The van der Waals surface area contributed by atoms with E-state index in [-0.39, 0.29) is 5.69 Å². The number of carbonyl (C=O) groups excluding carboxylic acids is 1. The number of likely N-dealkylation sites (tertiary alicyclic amines) is 1. The van der Waals surface area contributed by atoms with E-state index in [1.54, 1.807) is 6.92 Å². The van der Waals surface area contributed by atoms with Gasteiger partial charge in [0.05, 0.1) is 16.5 Å². The van der Waals surface area contributed by atoms with Gasteiger partial charge in [0.15, 0.2) is 0 Å². The summed E-state index contributed by atoms with van der Waals surface area (Å²) >= 11 is 6.49. The van der Waals surface area contributed by atoms with E-state index in [1.807, 2.05) is 4.90 Å². The van der Waals surface area contributed by atoms with Crippen LogP contribution in [0.2, 0.25) is 0 Å². The third kappa shape index (κ3) is 4.84. The summed E-state index contributed by atoms with van der Waals surface area (Å²) in [5, 5.41) is 1.79. The first-order chi connectivity index (χ1) is 10.8. The first kappa shape index (κ1) is 18.1. The highest BCUT2D eigenvalue weighted by Crippen LogP contribution is 2.34. The third-order valence-corrected chi connectivity index (χ3v) is 5.08. The van der Waals surface area contributed by atoms with Gasteiger partial charge in [0.1, 0.15) is 4.32 Å². The number of thiocarbonyl (C=S) groups is 1. The van der Waals surface area contributed by atoms with Gasteiger partial charge in [-0.1, -0.05) is 36.1 Å². The fourth-order valence-corrected chi connectivity index (χ4v) is 3.67. The molecule has 23 heavy (non-hydrogen) atoms. The minimum absolute atomic E-state index is 0.232. The molecule has 1 aromatic carbocycles. The second-order valence-corrected chi connectivity index (χ2v) is 7.23. The molecule has 0 saturated carbocycles. The smallest absolute Gasteiger partial charge is 0.358 e. The quantitative estimate of drug-likeness (QED) is 0.819. The van der Waals surface area contributed by atoms with Crippen LogP contribution in [-0.4, -0.2) is 33.5 Å². The Balaban J connectivity index is 2.00. The summed E-state index contributed by atoms with van der Waals surface area (Å²) in [5.74, 6) is -0.492. The Morgan fingerprint density at radius 2 is 1.91 bits per heavy atom. The molecule has 1 heterocycles. The first-order valence-electron chi connectivity index (χ1n) is 7.21. The predicted molar refractivity (Wildman–Crippen MR) is 90.5 cm³/mol. The summed E-state index contributed by atoms with van der Waals surface area (Å²) in [5.41, 5.74) is -1.09. The molecule has 1 aliphatic rings. The Morgan fingerprint density at radius 1 is 1.30 bits per heavy atom. The minimum Gasteiger partial charge on any atom is -0.358 e. The predicted octanol–water partition coefficient (Wildman–Crippen LogP) is 4.15. The lowest BCUT2D eigenvalue weighted by Crippen LogP contribution is -2.30. The van der Waals surface area contributed by atoms with Crippen LogP contribution in [-0.2, 0) is 11.0 Å². The van der Waals surface area contributed by atoms with Crippen molar-refractivity contribution in [3.8, 4) is 0 Å². The van der Waals surface area contributed by atoms with Crippen molar-refractivity contribution in [1.82, 2.24) is 4.90 Å². The van der Waals surface area contributed by atoms with Crippen LogP contribution < -0.4 is 5.32 Å². The van der Waals surface area contributed by atoms with Crippen molar-refractivity contribution in [2.75, 3.05) is 18.4 Å². The Hall–Kier alpha value is -1.28. The van der Waals surface area contributed by atoms with Crippen molar-refractivity contribution in [1.29, 1.82) is 0 Å². The number of benzene rings is 1. The molecule has 1 saturated heterocycles. The van der Waals surface area contributed by atoms with E-state index in [0.717, 1.165) is 32.0 Å². The molecule has 0 aliphatic carbocycles. The number of carbonyl (C=O) groups is 1. The van der Waals surface area contributed by atoms with Crippen LogP contribution in [0.4, 0.5) is 18.9 Å². The van der Waals surface area contributed by atoms with Gasteiger partial charge in [-0.05, 0) is 31.9 Å². The molecule has 1 fully saturated rings. The van der Waals surface area contributed by atoms with E-state index in [9.17, 15) is 18.0 Å². The fraction of sp³-hybridized carbons (Fsp3) is 0.467. The van der Waals surface area contributed by atoms with Gasteiger partial charge in [-0.2, -0.15) is 13.2 Å². The van der Waals surface area contributed by atoms with E-state index >= 15 is 0 Å². The van der Waals surface area contributed by atoms with Crippen LogP contribution in [0.5, 0.6) is 0 Å². The highest BCUT2D eigenvalue weighted by molar-refractivity contribution is 8.23. The van der Waals surface area contributed by atoms with Gasteiger partial charge in [0.25, 0.3) is 0 Å². The number of nitrogens with one attached hydrogen (secondary N) is 1. The number of hydrogen-bond donors (Lipinski definition) is 1. The largest absolute Gasteiger partial charge is 0.418 e. The van der Waals surface area contributed by atoms with Crippen molar-refractivity contribution in [3.05, 3.63) is 29.8 Å². The Morgan fingerprint density at radius 3 is 2.52 bits per heavy atom. The van der Waals surface area contributed by atoms with E-state index in [4.69, 9.17) is 12.2 Å². The zero-order valence-electron chi connectivity index (χ0n) is 12.5. The highest BCUT2D eigenvalue weighted by atomic mass is 32.2. The van der Waals surface area contributed by atoms with Crippen molar-refractivity contribution in [2.24, 2.45) is 0 Å². The minimum atomic E-state index is -4.51. The summed E-state index contributed by atoms with van der Waals surface area (Å²) in [6.07, 6.45) is -2.37. The maximum atomic E-state index is 12.9. The van der Waals surface area contributed by atoms with E-state index < -0.39 is 22.9 Å². The molecule has 1 amide bonds. The molecule has 1 atom stereocenters. The number of amides is 1. The second-order valence-electron chi connectivity index (χ2n) is 5.25. The van der Waals surface area contributed by atoms with Crippen molar-refractivity contribution >= 4 is 39.9 Å². The van der Waals surface area contributed by atoms with Gasteiger partial charge in [-0.25, -0.2) is 0 Å². The topological polar surface area (TPSA) is 32.3 Å². The number of anilines is 1. The summed E-state index contributed by atoms with van der Waals surface area (Å²) in [4.78, 5) is 14.2. The van der Waals surface area contributed by atoms with Gasteiger partial charge in [-0.15, -0.1) is 0 Å². The summed E-state index contributed by atoms with van der Waals surface area (Å²) in [7, 11) is 0. The first-order valence-corrected chi connectivity index (χ1v) is 8.50. The molecule has 2 rings (SSSR count). The number of hydrogen-bond acceptors (Lipinski definition) is 3. The van der Waals surface area contributed by atoms with E-state index in [0.29, 0.717) is 4.32 Å². The van der Waals surface area contributed by atoms with Crippen molar-refractivity contribution in [2.45, 2.75) is 31.2 Å². The van der Waals surface area contributed by atoms with E-state index in [2.05, 4.69) is 5.32 Å². The van der Waals surface area contributed by atoms with Gasteiger partial charge in [0.2, 0.25) is 5.91 Å². The molecule has 1 N–H and O–H groups in total. The molecular formula is C15H17F3N2OS2. The van der Waals surface area contributed by atoms with Crippen LogP contribution in [0, 0.1) is 0 Å². The molecule has 0 spiro atoms. The molecule has 0 unspecified atom stereocenters. The molecule has 1 aliphatic heterocycles. The SMILES string of the molecule is C[C@@H](SC(=S)N1CCCC1)C(=O)Nc1ccccc1C(F)(F)F. The fourth-order valence-electron chi connectivity index (χ4n) is 2.25. The average Bonchev–Trinajstić information content (AvgIpc) is 3.00. The van der Waals surface area contributed by atoms with Gasteiger partial charge >= 0.3 is 6.18 Å². The zero-order valence-corrected chi connectivity index (χ0v) is 14.2. The summed E-state index contributed by atoms with van der Waals surface area (Å²) in [6.45, 7) is 3.38. The molecule has 1 aromatic rings. The molecular weight excluding hydrogens is 345 g/mol. The molecule has 126 valence electrons. The molecule has 0 radical (unpaired) electrons. The number of halogens is 3. The normalized spacial score (nSPS) is 16.3. The van der Waals surface area contributed by atoms with Crippen LogP contribution >= 0.6 is 24.0 Å². The van der Waals surface area contributed by atoms with Crippen LogP contribution in [0.3, 0.4) is 0 Å². The van der Waals surface area contributed by atoms with Crippen LogP contribution in [0.1, 0.15) is 25.3 Å². The molecule has 8 heteroatoms. The number of thioether (sulfide) groups is 1. The van der Waals surface area contributed by atoms with E-state index in [1.165, 1.54) is 30.0 Å². The Bertz CT molecular complexity index is 586. The molecule has 0 bridgehead atoms. The Labute approximate surface area is 142 Å². The van der Waals surface area contributed by atoms with Gasteiger partial charge < -0.3 is 10.2 Å². The number of nitrogens with zero attached hydrogens (tertiary/aromatic N) is 1. The van der Waals surface area contributed by atoms with Crippen molar-refractivity contribution < 1.29 is 18.0 Å². The average molecular weight is 362 g/mol. The second kappa shape index (κ2) is 7.53. The number of para-hydroxylation sites is 1. The van der Waals surface area contributed by atoms with Gasteiger partial charge in [0, 0.05) is 13.1 Å². The van der Waals surface area contributed by atoms with Crippen molar-refractivity contribution in [3.63, 3.8) is 0 Å². The third-order valence-electron chi connectivity index (χ3n) is 3.50. The lowest BCUT2D eigenvalue weighted by Gasteiger charge is -2.21. The number of rotatable bonds is 3. The van der Waals surface area contributed by atoms with Crippen LogP contribution in [0.15, 0.2) is 24.3 Å². The molecule has 3 nitrogen and oxygen atoms in total. The molecule has 0 aromatic heterocycles. The zero-order chi connectivity index (χ0) is 17.0. The lowest BCUT2D eigenvalue weighted by molar-refractivity contribution is -0.137. The summed E-state index contributed by atoms with van der Waals surface area (Å²) in [6, 6.07) is 4.94. The maximum absolute atomic E-state index is 12.9. The maximum Gasteiger partial charge on any atom is 0.418 e. The summed E-state index contributed by atoms with van der Waals surface area (Å²) < 4.78 is 39.4. The lowest BCUT2D eigenvalue weighted by atomic mass is 10.1. The van der Waals surface area contributed by atoms with Gasteiger partial charge in [-0.3, -0.25) is 4.79 Å².